The number of ether oxygens (including phenoxy) is 1. The Bertz CT molecular complexity index is 868. The zero-order chi connectivity index (χ0) is 16.6. The second kappa shape index (κ2) is 5.73. The number of anilines is 1. The fourth-order valence-corrected chi connectivity index (χ4v) is 3.96. The molecular weight excluding hydrogens is 316 g/mol. The number of carbonyl (C=O) groups excluding carboxylic acids is 1. The molecule has 0 saturated carbocycles. The minimum absolute atomic E-state index is 0.0923. The van der Waals surface area contributed by atoms with Gasteiger partial charge in [-0.15, -0.1) is 0 Å². The van der Waals surface area contributed by atoms with Crippen molar-refractivity contribution < 1.29 is 17.9 Å². The molecule has 1 aromatic heterocycles. The molecule has 0 fully saturated rings. The van der Waals surface area contributed by atoms with Crippen molar-refractivity contribution in [1.29, 1.82) is 0 Å². The Balaban J connectivity index is 1.94. The topological polar surface area (TPSA) is 88.3 Å². The zero-order valence-corrected chi connectivity index (χ0v) is 13.8. The van der Waals surface area contributed by atoms with Crippen molar-refractivity contribution in [3.05, 3.63) is 46.8 Å². The van der Waals surface area contributed by atoms with Crippen LogP contribution < -0.4 is 4.72 Å². The number of fused-ring (bicyclic) bond motifs is 1. The number of benzene rings is 1. The van der Waals surface area contributed by atoms with E-state index >= 15 is 0 Å². The van der Waals surface area contributed by atoms with Crippen LogP contribution in [0, 0.1) is 6.92 Å². The predicted molar refractivity (Wildman–Crippen MR) is 86.1 cm³/mol. The van der Waals surface area contributed by atoms with Crippen LogP contribution in [-0.2, 0) is 27.6 Å². The molecule has 6 nitrogen and oxygen atoms in total. The molecule has 1 aliphatic rings. The maximum atomic E-state index is 12.6. The van der Waals surface area contributed by atoms with Gasteiger partial charge in [0.25, 0.3) is 10.0 Å². The van der Waals surface area contributed by atoms with Gasteiger partial charge in [0.05, 0.1) is 17.7 Å². The molecule has 0 unspecified atom stereocenters. The number of sulfonamides is 1. The first-order valence-electron chi connectivity index (χ1n) is 7.33. The van der Waals surface area contributed by atoms with Crippen LogP contribution in [0.2, 0.25) is 0 Å². The van der Waals surface area contributed by atoms with Gasteiger partial charge in [-0.3, -0.25) is 4.72 Å². The summed E-state index contributed by atoms with van der Waals surface area (Å²) in [6, 6.07) is 6.74. The summed E-state index contributed by atoms with van der Waals surface area (Å²) in [5.41, 5.74) is 3.23. The Hall–Kier alpha value is -2.28. The van der Waals surface area contributed by atoms with Crippen molar-refractivity contribution in [3.63, 3.8) is 0 Å². The molecule has 0 radical (unpaired) electrons. The molecule has 0 atom stereocenters. The van der Waals surface area contributed by atoms with E-state index in [0.29, 0.717) is 5.69 Å². The number of carbonyl (C=O) groups is 1. The van der Waals surface area contributed by atoms with E-state index in [9.17, 15) is 13.2 Å². The Labute approximate surface area is 134 Å². The van der Waals surface area contributed by atoms with Gasteiger partial charge in [0.1, 0.15) is 5.69 Å². The fraction of sp³-hybridized carbons (Fsp3) is 0.312. The number of rotatable bonds is 4. The molecule has 0 saturated heterocycles. The molecule has 7 heteroatoms. The van der Waals surface area contributed by atoms with E-state index in [2.05, 4.69) is 14.4 Å². The highest BCUT2D eigenvalue weighted by molar-refractivity contribution is 7.92. The molecule has 3 rings (SSSR count). The van der Waals surface area contributed by atoms with Crippen LogP contribution in [-0.4, -0.2) is 26.5 Å². The van der Waals surface area contributed by atoms with E-state index < -0.39 is 16.0 Å². The first-order valence-corrected chi connectivity index (χ1v) is 8.81. The van der Waals surface area contributed by atoms with Gasteiger partial charge in [-0.05, 0) is 55.5 Å². The highest BCUT2D eigenvalue weighted by Gasteiger charge is 2.22. The minimum Gasteiger partial charge on any atom is -0.464 e. The molecule has 1 aliphatic carbocycles. The van der Waals surface area contributed by atoms with Gasteiger partial charge in [-0.1, -0.05) is 6.07 Å². The first-order chi connectivity index (χ1) is 10.9. The van der Waals surface area contributed by atoms with Crippen molar-refractivity contribution >= 4 is 21.7 Å². The number of aromatic nitrogens is 1. The lowest BCUT2D eigenvalue weighted by atomic mass is 10.1. The Morgan fingerprint density at radius 1 is 1.22 bits per heavy atom. The lowest BCUT2D eigenvalue weighted by Gasteiger charge is -2.09. The van der Waals surface area contributed by atoms with Crippen LogP contribution in [0.1, 0.15) is 33.7 Å². The predicted octanol–water partition coefficient (Wildman–Crippen LogP) is 2.40. The summed E-state index contributed by atoms with van der Waals surface area (Å²) < 4.78 is 32.3. The molecule has 0 amide bonds. The van der Waals surface area contributed by atoms with Crippen LogP contribution in [0.15, 0.2) is 29.2 Å². The molecule has 2 N–H and O–H groups in total. The van der Waals surface area contributed by atoms with Gasteiger partial charge in [-0.2, -0.15) is 0 Å². The minimum atomic E-state index is -3.76. The van der Waals surface area contributed by atoms with Crippen molar-refractivity contribution in [1.82, 2.24) is 4.98 Å². The number of nitrogens with one attached hydrogen (secondary N) is 2. The second-order valence-corrected chi connectivity index (χ2v) is 7.30. The van der Waals surface area contributed by atoms with E-state index in [-0.39, 0.29) is 16.3 Å². The van der Waals surface area contributed by atoms with E-state index in [0.717, 1.165) is 24.8 Å². The quantitative estimate of drug-likeness (QED) is 0.840. The van der Waals surface area contributed by atoms with Crippen molar-refractivity contribution in [3.8, 4) is 0 Å². The standard InChI is InChI=1S/C16H18N2O4S/c1-10-8-14(15(17-10)16(19)22-2)18-23(20,21)13-7-6-11-4-3-5-12(11)9-13/h6-9,17-18H,3-5H2,1-2H3. The smallest absolute Gasteiger partial charge is 0.356 e. The third-order valence-electron chi connectivity index (χ3n) is 3.97. The van der Waals surface area contributed by atoms with Crippen molar-refractivity contribution in [2.45, 2.75) is 31.1 Å². The lowest BCUT2D eigenvalue weighted by molar-refractivity contribution is 0.0596. The van der Waals surface area contributed by atoms with Gasteiger partial charge in [0, 0.05) is 5.69 Å². The van der Waals surface area contributed by atoms with Gasteiger partial charge in [-0.25, -0.2) is 13.2 Å². The molecule has 0 bridgehead atoms. The van der Waals surface area contributed by atoms with Gasteiger partial charge in [0.2, 0.25) is 0 Å². The Morgan fingerprint density at radius 2 is 1.96 bits per heavy atom. The number of H-pyrrole nitrogens is 1. The summed E-state index contributed by atoms with van der Waals surface area (Å²) in [5, 5.41) is 0. The van der Waals surface area contributed by atoms with E-state index in [1.807, 2.05) is 6.07 Å². The number of aryl methyl sites for hydroxylation is 3. The number of esters is 1. The van der Waals surface area contributed by atoms with Crippen LogP contribution in [0.4, 0.5) is 5.69 Å². The van der Waals surface area contributed by atoms with Crippen LogP contribution in [0.25, 0.3) is 0 Å². The summed E-state index contributed by atoms with van der Waals surface area (Å²) >= 11 is 0. The maximum Gasteiger partial charge on any atom is 0.356 e. The van der Waals surface area contributed by atoms with E-state index in [4.69, 9.17) is 0 Å². The summed E-state index contributed by atoms with van der Waals surface area (Å²) in [5.74, 6) is -0.621. The number of hydrogen-bond donors (Lipinski definition) is 2. The average molecular weight is 334 g/mol. The second-order valence-electron chi connectivity index (χ2n) is 5.62. The Kier molecular flexibility index (Phi) is 3.89. The van der Waals surface area contributed by atoms with E-state index in [1.165, 1.54) is 12.7 Å². The summed E-state index contributed by atoms with van der Waals surface area (Å²) in [6.45, 7) is 1.74. The highest BCUT2D eigenvalue weighted by atomic mass is 32.2. The largest absolute Gasteiger partial charge is 0.464 e. The van der Waals surface area contributed by atoms with E-state index in [1.54, 1.807) is 25.1 Å². The SMILES string of the molecule is COC(=O)c1[nH]c(C)cc1NS(=O)(=O)c1ccc2c(c1)CCC2. The fourth-order valence-electron chi connectivity index (χ4n) is 2.85. The summed E-state index contributed by atoms with van der Waals surface area (Å²) in [6.07, 6.45) is 2.94. The van der Waals surface area contributed by atoms with Gasteiger partial charge in [0.15, 0.2) is 0 Å². The third kappa shape index (κ3) is 2.96. The summed E-state index contributed by atoms with van der Waals surface area (Å²) in [4.78, 5) is 14.7. The number of aromatic amines is 1. The molecular formula is C16H18N2O4S. The van der Waals surface area contributed by atoms with Crippen LogP contribution >= 0.6 is 0 Å². The monoisotopic (exact) mass is 334 g/mol. The normalized spacial score (nSPS) is 13.7. The number of methoxy groups -OCH3 is 1. The van der Waals surface area contributed by atoms with Crippen LogP contribution in [0.5, 0.6) is 0 Å². The van der Waals surface area contributed by atoms with Crippen LogP contribution in [0.3, 0.4) is 0 Å². The zero-order valence-electron chi connectivity index (χ0n) is 13.0. The average Bonchev–Trinajstić information content (AvgIpc) is 3.11. The molecule has 2 aromatic rings. The van der Waals surface area contributed by atoms with Gasteiger partial charge < -0.3 is 9.72 Å². The Morgan fingerprint density at radius 3 is 2.70 bits per heavy atom. The van der Waals surface area contributed by atoms with Crippen molar-refractivity contribution in [2.24, 2.45) is 0 Å². The maximum absolute atomic E-state index is 12.6. The molecule has 0 spiro atoms. The highest BCUT2D eigenvalue weighted by Crippen LogP contribution is 2.27. The summed E-state index contributed by atoms with van der Waals surface area (Å²) in [7, 11) is -2.52. The van der Waals surface area contributed by atoms with Gasteiger partial charge >= 0.3 is 5.97 Å². The third-order valence-corrected chi connectivity index (χ3v) is 5.33. The number of hydrogen-bond acceptors (Lipinski definition) is 4. The molecule has 1 heterocycles. The molecule has 1 aromatic carbocycles. The molecule has 23 heavy (non-hydrogen) atoms. The van der Waals surface area contributed by atoms with Crippen molar-refractivity contribution in [2.75, 3.05) is 11.8 Å². The first kappa shape index (κ1) is 15.6. The molecule has 0 aliphatic heterocycles. The lowest BCUT2D eigenvalue weighted by Crippen LogP contribution is -2.15. The molecule has 122 valence electrons.